The van der Waals surface area contributed by atoms with Crippen LogP contribution in [0, 0.1) is 12.7 Å². The highest BCUT2D eigenvalue weighted by Crippen LogP contribution is 2.28. The van der Waals surface area contributed by atoms with Crippen molar-refractivity contribution in [1.82, 2.24) is 4.90 Å². The lowest BCUT2D eigenvalue weighted by atomic mass is 9.93. The standard InChI is InChI=1S/C22H27ClFN3O/c1-14-10-16(17-6-7-21(24)20(23)12-17)5-4-15(14)11-18-13-19(28-3)8-9-26-22(25)27(18)2/h4-7,10,12,18-19H,8-9,11,13H2,1-3H3,(H2,25,26). The van der Waals surface area contributed by atoms with Gasteiger partial charge in [-0.2, -0.15) is 0 Å². The van der Waals surface area contributed by atoms with E-state index in [2.05, 4.69) is 35.0 Å². The Bertz CT molecular complexity index is 871. The third kappa shape index (κ3) is 4.65. The van der Waals surface area contributed by atoms with Gasteiger partial charge in [0, 0.05) is 26.7 Å². The van der Waals surface area contributed by atoms with Gasteiger partial charge in [-0.05, 0) is 60.6 Å². The molecule has 4 nitrogen and oxygen atoms in total. The summed E-state index contributed by atoms with van der Waals surface area (Å²) in [6.45, 7) is 2.79. The third-order valence-corrected chi connectivity index (χ3v) is 5.84. The van der Waals surface area contributed by atoms with Crippen molar-refractivity contribution in [2.24, 2.45) is 10.7 Å². The first-order chi connectivity index (χ1) is 13.4. The second-order valence-corrected chi connectivity index (χ2v) is 7.77. The van der Waals surface area contributed by atoms with Gasteiger partial charge in [-0.25, -0.2) is 4.39 Å². The molecule has 0 bridgehead atoms. The second kappa shape index (κ2) is 8.93. The second-order valence-electron chi connectivity index (χ2n) is 7.36. The molecular formula is C22H27ClFN3O. The van der Waals surface area contributed by atoms with Gasteiger partial charge in [0.05, 0.1) is 11.1 Å². The maximum Gasteiger partial charge on any atom is 0.191 e. The molecule has 3 rings (SSSR count). The van der Waals surface area contributed by atoms with Crippen LogP contribution in [-0.2, 0) is 11.2 Å². The smallest absolute Gasteiger partial charge is 0.191 e. The first kappa shape index (κ1) is 20.6. The van der Waals surface area contributed by atoms with Gasteiger partial charge < -0.3 is 15.4 Å². The molecule has 1 aliphatic heterocycles. The molecular weight excluding hydrogens is 377 g/mol. The van der Waals surface area contributed by atoms with Crippen LogP contribution in [0.25, 0.3) is 11.1 Å². The zero-order valence-electron chi connectivity index (χ0n) is 16.6. The molecule has 1 heterocycles. The average Bonchev–Trinajstić information content (AvgIpc) is 2.68. The molecule has 6 heteroatoms. The van der Waals surface area contributed by atoms with Crippen LogP contribution in [0.5, 0.6) is 0 Å². The molecule has 150 valence electrons. The maximum atomic E-state index is 13.4. The Kier molecular flexibility index (Phi) is 6.57. The fraction of sp³-hybridized carbons (Fsp3) is 0.409. The number of aliphatic imine (C=N–C) groups is 1. The molecule has 2 N–H and O–H groups in total. The van der Waals surface area contributed by atoms with Crippen molar-refractivity contribution >= 4 is 17.6 Å². The zero-order valence-corrected chi connectivity index (χ0v) is 17.3. The number of nitrogens with two attached hydrogens (primary N) is 1. The summed E-state index contributed by atoms with van der Waals surface area (Å²) in [4.78, 5) is 6.50. The molecule has 0 amide bonds. The monoisotopic (exact) mass is 403 g/mol. The molecule has 0 radical (unpaired) electrons. The quantitative estimate of drug-likeness (QED) is 0.822. The summed E-state index contributed by atoms with van der Waals surface area (Å²) in [5.41, 5.74) is 10.5. The Morgan fingerprint density at radius 3 is 2.64 bits per heavy atom. The predicted molar refractivity (Wildman–Crippen MR) is 113 cm³/mol. The van der Waals surface area contributed by atoms with Crippen molar-refractivity contribution in [1.29, 1.82) is 0 Å². The minimum Gasteiger partial charge on any atom is -0.381 e. The molecule has 0 saturated carbocycles. The van der Waals surface area contributed by atoms with Gasteiger partial charge >= 0.3 is 0 Å². The Hall–Kier alpha value is -2.11. The number of benzene rings is 2. The van der Waals surface area contributed by atoms with Crippen molar-refractivity contribution < 1.29 is 9.13 Å². The van der Waals surface area contributed by atoms with Crippen molar-refractivity contribution in [3.8, 4) is 11.1 Å². The summed E-state index contributed by atoms with van der Waals surface area (Å²) in [5, 5.41) is 0.135. The number of hydrogen-bond acceptors (Lipinski definition) is 4. The van der Waals surface area contributed by atoms with Crippen LogP contribution < -0.4 is 5.73 Å². The number of halogens is 2. The van der Waals surface area contributed by atoms with E-state index in [1.54, 1.807) is 19.2 Å². The van der Waals surface area contributed by atoms with Crippen LogP contribution in [0.15, 0.2) is 41.4 Å². The molecule has 2 atom stereocenters. The Morgan fingerprint density at radius 2 is 1.96 bits per heavy atom. The molecule has 2 aromatic rings. The summed E-state index contributed by atoms with van der Waals surface area (Å²) < 4.78 is 19.1. The zero-order chi connectivity index (χ0) is 20.3. The van der Waals surface area contributed by atoms with E-state index in [-0.39, 0.29) is 17.2 Å². The summed E-state index contributed by atoms with van der Waals surface area (Å²) >= 11 is 5.93. The van der Waals surface area contributed by atoms with Crippen LogP contribution in [0.3, 0.4) is 0 Å². The molecule has 0 aromatic heterocycles. The van der Waals surface area contributed by atoms with E-state index in [1.165, 1.54) is 17.2 Å². The SMILES string of the molecule is COC1CCN=C(N)N(C)C(Cc2ccc(-c3ccc(F)c(Cl)c3)cc2C)C1. The molecule has 0 aliphatic carbocycles. The average molecular weight is 404 g/mol. The van der Waals surface area contributed by atoms with Crippen LogP contribution in [0.2, 0.25) is 5.02 Å². The Morgan fingerprint density at radius 1 is 1.25 bits per heavy atom. The first-order valence-corrected chi connectivity index (χ1v) is 9.87. The summed E-state index contributed by atoms with van der Waals surface area (Å²) in [6.07, 6.45) is 2.80. The van der Waals surface area contributed by atoms with Crippen molar-refractivity contribution in [3.05, 3.63) is 58.4 Å². The van der Waals surface area contributed by atoms with E-state index >= 15 is 0 Å². The van der Waals surface area contributed by atoms with Crippen molar-refractivity contribution in [3.63, 3.8) is 0 Å². The van der Waals surface area contributed by atoms with Gasteiger partial charge in [0.25, 0.3) is 0 Å². The summed E-state index contributed by atoms with van der Waals surface area (Å²) in [6, 6.07) is 11.3. The number of ether oxygens (including phenoxy) is 1. The molecule has 0 spiro atoms. The number of likely N-dealkylation sites (N-methyl/N-ethyl adjacent to an activating group) is 1. The lowest BCUT2D eigenvalue weighted by Gasteiger charge is -2.34. The van der Waals surface area contributed by atoms with E-state index < -0.39 is 5.82 Å². The van der Waals surface area contributed by atoms with Crippen LogP contribution >= 0.6 is 11.6 Å². The number of aryl methyl sites for hydroxylation is 1. The fourth-order valence-corrected chi connectivity index (χ4v) is 3.85. The Balaban J connectivity index is 1.84. The lowest BCUT2D eigenvalue weighted by Crippen LogP contribution is -2.46. The molecule has 1 aliphatic rings. The molecule has 2 unspecified atom stereocenters. The van der Waals surface area contributed by atoms with Crippen LogP contribution in [-0.4, -0.2) is 43.7 Å². The molecule has 2 aromatic carbocycles. The van der Waals surface area contributed by atoms with Crippen molar-refractivity contribution in [2.45, 2.75) is 38.3 Å². The number of guanidine groups is 1. The Labute approximate surface area is 171 Å². The number of hydrogen-bond donors (Lipinski definition) is 1. The highest BCUT2D eigenvalue weighted by Gasteiger charge is 2.24. The van der Waals surface area contributed by atoms with Gasteiger partial charge in [-0.3, -0.25) is 4.99 Å². The largest absolute Gasteiger partial charge is 0.381 e. The van der Waals surface area contributed by atoms with E-state index in [9.17, 15) is 4.39 Å². The van der Waals surface area contributed by atoms with Gasteiger partial charge in [0.1, 0.15) is 5.82 Å². The lowest BCUT2D eigenvalue weighted by molar-refractivity contribution is 0.0691. The minimum atomic E-state index is -0.405. The molecule has 0 fully saturated rings. The van der Waals surface area contributed by atoms with E-state index in [4.69, 9.17) is 22.1 Å². The van der Waals surface area contributed by atoms with E-state index in [0.717, 1.165) is 30.4 Å². The molecule has 28 heavy (non-hydrogen) atoms. The normalized spacial score (nSPS) is 20.5. The van der Waals surface area contributed by atoms with Crippen molar-refractivity contribution in [2.75, 3.05) is 20.7 Å². The number of rotatable bonds is 4. The number of nitrogens with zero attached hydrogens (tertiary/aromatic N) is 2. The van der Waals surface area contributed by atoms with Gasteiger partial charge in [-0.1, -0.05) is 35.9 Å². The fourth-order valence-electron chi connectivity index (χ4n) is 3.67. The van der Waals surface area contributed by atoms with Crippen LogP contribution in [0.4, 0.5) is 4.39 Å². The number of methoxy groups -OCH3 is 1. The highest BCUT2D eigenvalue weighted by atomic mass is 35.5. The predicted octanol–water partition coefficient (Wildman–Crippen LogP) is 4.42. The van der Waals surface area contributed by atoms with Gasteiger partial charge in [-0.15, -0.1) is 0 Å². The van der Waals surface area contributed by atoms with E-state index in [0.29, 0.717) is 12.5 Å². The first-order valence-electron chi connectivity index (χ1n) is 9.49. The maximum absolute atomic E-state index is 13.4. The third-order valence-electron chi connectivity index (χ3n) is 5.55. The topological polar surface area (TPSA) is 50.9 Å². The summed E-state index contributed by atoms with van der Waals surface area (Å²) in [7, 11) is 3.75. The summed E-state index contributed by atoms with van der Waals surface area (Å²) in [5.74, 6) is 0.174. The molecule has 0 saturated heterocycles. The van der Waals surface area contributed by atoms with Gasteiger partial charge in [0.2, 0.25) is 0 Å². The van der Waals surface area contributed by atoms with Crippen LogP contribution in [0.1, 0.15) is 24.0 Å². The minimum absolute atomic E-state index is 0.135. The van der Waals surface area contributed by atoms with Gasteiger partial charge in [0.15, 0.2) is 5.96 Å². The van der Waals surface area contributed by atoms with E-state index in [1.807, 2.05) is 7.05 Å². The highest BCUT2D eigenvalue weighted by molar-refractivity contribution is 6.31.